The highest BCUT2D eigenvalue weighted by Gasteiger charge is 2.20. The molecule has 0 saturated heterocycles. The lowest BCUT2D eigenvalue weighted by molar-refractivity contribution is 0.0527. The normalized spacial score (nSPS) is 10.4. The summed E-state index contributed by atoms with van der Waals surface area (Å²) < 4.78 is 17.5. The van der Waals surface area contributed by atoms with Crippen molar-refractivity contribution >= 4 is 5.97 Å². The minimum Gasteiger partial charge on any atom is -0.493 e. The van der Waals surface area contributed by atoms with Crippen LogP contribution in [-0.4, -0.2) is 36.6 Å². The minimum atomic E-state index is -0.417. The smallest absolute Gasteiger partial charge is 0.342 e. The maximum Gasteiger partial charge on any atom is 0.342 e. The molecule has 6 nitrogen and oxygen atoms in total. The number of methoxy groups -OCH3 is 2. The fourth-order valence-corrected chi connectivity index (χ4v) is 2.64. The average Bonchev–Trinajstić information content (AvgIpc) is 3.14. The second-order valence-electron chi connectivity index (χ2n) is 5.46. The summed E-state index contributed by atoms with van der Waals surface area (Å²) in [5.74, 6) is 0.755. The molecule has 0 N–H and O–H groups in total. The van der Waals surface area contributed by atoms with Gasteiger partial charge in [-0.1, -0.05) is 18.2 Å². The van der Waals surface area contributed by atoms with E-state index >= 15 is 0 Å². The number of nitrogens with zero attached hydrogens (tertiary/aromatic N) is 2. The van der Waals surface area contributed by atoms with Crippen molar-refractivity contribution in [1.29, 1.82) is 0 Å². The molecule has 0 amide bonds. The second-order valence-corrected chi connectivity index (χ2v) is 5.46. The molecule has 0 aliphatic heterocycles. The number of ether oxygens (including phenoxy) is 3. The standard InChI is InChI=1S/C20H20N2O4/c1-4-26-20(23)16-13-22(15-8-6-5-7-9-15)21-19(16)14-10-11-17(24-2)18(12-14)25-3/h5-13H,4H2,1-3H3. The van der Waals surface area contributed by atoms with Gasteiger partial charge in [0.1, 0.15) is 11.3 Å². The Morgan fingerprint density at radius 2 is 1.77 bits per heavy atom. The van der Waals surface area contributed by atoms with Gasteiger partial charge in [0.05, 0.1) is 26.5 Å². The first kappa shape index (κ1) is 17.5. The molecule has 0 aliphatic rings. The Morgan fingerprint density at radius 3 is 2.42 bits per heavy atom. The summed E-state index contributed by atoms with van der Waals surface area (Å²) in [7, 11) is 3.14. The molecule has 0 fully saturated rings. The van der Waals surface area contributed by atoms with Crippen LogP contribution in [0.5, 0.6) is 11.5 Å². The van der Waals surface area contributed by atoms with Crippen LogP contribution in [0.1, 0.15) is 17.3 Å². The van der Waals surface area contributed by atoms with Crippen LogP contribution in [-0.2, 0) is 4.74 Å². The third kappa shape index (κ3) is 3.39. The molecule has 0 saturated carbocycles. The van der Waals surface area contributed by atoms with Crippen LogP contribution in [0.4, 0.5) is 0 Å². The van der Waals surface area contributed by atoms with Gasteiger partial charge in [0.2, 0.25) is 0 Å². The molecule has 0 unspecified atom stereocenters. The third-order valence-corrected chi connectivity index (χ3v) is 3.89. The van der Waals surface area contributed by atoms with E-state index in [9.17, 15) is 4.79 Å². The lowest BCUT2D eigenvalue weighted by atomic mass is 10.1. The van der Waals surface area contributed by atoms with Gasteiger partial charge in [0.15, 0.2) is 11.5 Å². The number of hydrogen-bond donors (Lipinski definition) is 0. The molecule has 0 radical (unpaired) electrons. The molecule has 6 heteroatoms. The zero-order chi connectivity index (χ0) is 18.5. The predicted molar refractivity (Wildman–Crippen MR) is 98.1 cm³/mol. The van der Waals surface area contributed by atoms with Gasteiger partial charge >= 0.3 is 5.97 Å². The molecular weight excluding hydrogens is 332 g/mol. The maximum atomic E-state index is 12.4. The Kier molecular flexibility index (Phi) is 5.22. The number of rotatable bonds is 6. The van der Waals surface area contributed by atoms with Crippen molar-refractivity contribution in [2.45, 2.75) is 6.92 Å². The minimum absolute atomic E-state index is 0.292. The summed E-state index contributed by atoms with van der Waals surface area (Å²) in [6.07, 6.45) is 1.68. The van der Waals surface area contributed by atoms with Gasteiger partial charge in [0, 0.05) is 11.8 Å². The number of para-hydroxylation sites is 1. The Hall–Kier alpha value is -3.28. The molecule has 0 bridgehead atoms. The van der Waals surface area contributed by atoms with E-state index in [1.165, 1.54) is 0 Å². The van der Waals surface area contributed by atoms with Gasteiger partial charge in [0.25, 0.3) is 0 Å². The first-order chi connectivity index (χ1) is 12.7. The van der Waals surface area contributed by atoms with Crippen molar-refractivity contribution in [1.82, 2.24) is 9.78 Å². The number of carbonyl (C=O) groups excluding carboxylic acids is 1. The average molecular weight is 352 g/mol. The van der Waals surface area contributed by atoms with Gasteiger partial charge in [-0.2, -0.15) is 5.10 Å². The molecule has 1 heterocycles. The lowest BCUT2D eigenvalue weighted by Crippen LogP contribution is -2.05. The summed E-state index contributed by atoms with van der Waals surface area (Å²) in [6.45, 7) is 2.07. The van der Waals surface area contributed by atoms with Crippen molar-refractivity contribution in [3.8, 4) is 28.4 Å². The van der Waals surface area contributed by atoms with Gasteiger partial charge < -0.3 is 14.2 Å². The van der Waals surface area contributed by atoms with Gasteiger partial charge in [-0.15, -0.1) is 0 Å². The molecule has 3 rings (SSSR count). The highest BCUT2D eigenvalue weighted by atomic mass is 16.5. The molecule has 134 valence electrons. The van der Waals surface area contributed by atoms with Crippen molar-refractivity contribution in [2.75, 3.05) is 20.8 Å². The van der Waals surface area contributed by atoms with Gasteiger partial charge in [-0.3, -0.25) is 0 Å². The van der Waals surface area contributed by atoms with E-state index in [0.717, 1.165) is 11.3 Å². The van der Waals surface area contributed by atoms with Crippen molar-refractivity contribution in [3.05, 3.63) is 60.3 Å². The van der Waals surface area contributed by atoms with Crippen molar-refractivity contribution in [3.63, 3.8) is 0 Å². The van der Waals surface area contributed by atoms with Crippen LogP contribution >= 0.6 is 0 Å². The van der Waals surface area contributed by atoms with Crippen molar-refractivity contribution in [2.24, 2.45) is 0 Å². The maximum absolute atomic E-state index is 12.4. The number of carbonyl (C=O) groups is 1. The van der Waals surface area contributed by atoms with E-state index in [2.05, 4.69) is 5.10 Å². The SMILES string of the molecule is CCOC(=O)c1cn(-c2ccccc2)nc1-c1ccc(OC)c(OC)c1. The van der Waals surface area contributed by atoms with Crippen LogP contribution in [0, 0.1) is 0 Å². The second kappa shape index (κ2) is 7.74. The summed E-state index contributed by atoms with van der Waals surface area (Å²) in [5, 5.41) is 4.60. The molecule has 0 aliphatic carbocycles. The Morgan fingerprint density at radius 1 is 1.04 bits per heavy atom. The number of esters is 1. The zero-order valence-electron chi connectivity index (χ0n) is 14.9. The van der Waals surface area contributed by atoms with Crippen LogP contribution in [0.25, 0.3) is 16.9 Å². The fourth-order valence-electron chi connectivity index (χ4n) is 2.64. The van der Waals surface area contributed by atoms with Gasteiger partial charge in [-0.05, 0) is 37.3 Å². The quantitative estimate of drug-likeness (QED) is 0.633. The summed E-state index contributed by atoms with van der Waals surface area (Å²) in [5.41, 5.74) is 2.50. The largest absolute Gasteiger partial charge is 0.493 e. The fraction of sp³-hybridized carbons (Fsp3) is 0.200. The number of benzene rings is 2. The molecular formula is C20H20N2O4. The molecule has 0 atom stereocenters. The van der Waals surface area contributed by atoms with E-state index < -0.39 is 5.97 Å². The van der Waals surface area contributed by atoms with E-state index in [0.29, 0.717) is 29.4 Å². The van der Waals surface area contributed by atoms with Crippen LogP contribution < -0.4 is 9.47 Å². The van der Waals surface area contributed by atoms with E-state index in [-0.39, 0.29) is 0 Å². The number of aromatic nitrogens is 2. The first-order valence-corrected chi connectivity index (χ1v) is 8.22. The number of hydrogen-bond acceptors (Lipinski definition) is 5. The zero-order valence-corrected chi connectivity index (χ0v) is 14.9. The highest BCUT2D eigenvalue weighted by molar-refractivity contribution is 5.96. The molecule has 2 aromatic carbocycles. The van der Waals surface area contributed by atoms with Crippen molar-refractivity contribution < 1.29 is 19.0 Å². The topological polar surface area (TPSA) is 62.6 Å². The van der Waals surface area contributed by atoms with E-state index in [4.69, 9.17) is 14.2 Å². The Labute approximate surface area is 151 Å². The lowest BCUT2D eigenvalue weighted by Gasteiger charge is -2.09. The summed E-state index contributed by atoms with van der Waals surface area (Å²) in [6, 6.07) is 15.0. The van der Waals surface area contributed by atoms with E-state index in [1.807, 2.05) is 36.4 Å². The van der Waals surface area contributed by atoms with Crippen LogP contribution in [0.3, 0.4) is 0 Å². The predicted octanol–water partition coefficient (Wildman–Crippen LogP) is 3.73. The molecule has 26 heavy (non-hydrogen) atoms. The summed E-state index contributed by atoms with van der Waals surface area (Å²) in [4.78, 5) is 12.4. The monoisotopic (exact) mass is 352 g/mol. The molecule has 0 spiro atoms. The Bertz CT molecular complexity index is 903. The first-order valence-electron chi connectivity index (χ1n) is 8.22. The summed E-state index contributed by atoms with van der Waals surface area (Å²) >= 11 is 0. The highest BCUT2D eigenvalue weighted by Crippen LogP contribution is 2.33. The molecule has 3 aromatic rings. The van der Waals surface area contributed by atoms with Gasteiger partial charge in [-0.25, -0.2) is 9.48 Å². The Balaban J connectivity index is 2.13. The van der Waals surface area contributed by atoms with Crippen LogP contribution in [0.2, 0.25) is 0 Å². The molecule has 1 aromatic heterocycles. The third-order valence-electron chi connectivity index (χ3n) is 3.89. The van der Waals surface area contributed by atoms with Crippen LogP contribution in [0.15, 0.2) is 54.7 Å². The van der Waals surface area contributed by atoms with E-state index in [1.54, 1.807) is 44.2 Å².